The minimum atomic E-state index is -0.937. The summed E-state index contributed by atoms with van der Waals surface area (Å²) >= 11 is 0. The van der Waals surface area contributed by atoms with Crippen molar-refractivity contribution < 1.29 is 14.6 Å². The lowest BCUT2D eigenvalue weighted by atomic mass is 10.2. The molecule has 30 heavy (non-hydrogen) atoms. The van der Waals surface area contributed by atoms with Gasteiger partial charge in [-0.15, -0.1) is 0 Å². The van der Waals surface area contributed by atoms with Gasteiger partial charge in [0.05, 0.1) is 12.9 Å². The fourth-order valence-electron chi connectivity index (χ4n) is 3.67. The fraction of sp³-hybridized carbons (Fsp3) is 0.250. The molecule has 1 fully saturated rings. The van der Waals surface area contributed by atoms with Gasteiger partial charge in [0, 0.05) is 43.7 Å². The molecule has 1 aliphatic heterocycles. The van der Waals surface area contributed by atoms with Crippen LogP contribution < -0.4 is 4.74 Å². The van der Waals surface area contributed by atoms with E-state index in [4.69, 9.17) is 14.8 Å². The molecule has 1 aromatic carbocycles. The third kappa shape index (κ3) is 3.11. The number of fused-ring (bicyclic) bond motifs is 1. The van der Waals surface area contributed by atoms with Gasteiger partial charge in [0.25, 0.3) is 0 Å². The largest absolute Gasteiger partial charge is 0.471 e. The average molecular weight is 405 g/mol. The standard InChI is InChI=1S/C20H19N7O3/c1-25-17(13-2-4-14(5-3-13)27-9-7-21-12-27)24-16-18(25)22-11-23-19(16)30-15-6-8-26(10-15)20(28)29/h2-5,7,9,11-12,15H,6,8,10H2,1H3,(H,28,29). The first-order valence-electron chi connectivity index (χ1n) is 9.51. The number of imidazole rings is 2. The van der Waals surface area contributed by atoms with Gasteiger partial charge in [-0.25, -0.2) is 19.7 Å². The molecule has 1 saturated heterocycles. The second kappa shape index (κ2) is 7.14. The van der Waals surface area contributed by atoms with Crippen molar-refractivity contribution in [2.75, 3.05) is 13.1 Å². The Morgan fingerprint density at radius 3 is 2.77 bits per heavy atom. The summed E-state index contributed by atoms with van der Waals surface area (Å²) < 4.78 is 9.82. The van der Waals surface area contributed by atoms with Crippen LogP contribution in [-0.2, 0) is 7.05 Å². The molecule has 4 aromatic rings. The summed E-state index contributed by atoms with van der Waals surface area (Å²) in [5.74, 6) is 1.11. The summed E-state index contributed by atoms with van der Waals surface area (Å²) in [6.45, 7) is 0.765. The van der Waals surface area contributed by atoms with Crippen LogP contribution in [0, 0.1) is 0 Å². The summed E-state index contributed by atoms with van der Waals surface area (Å²) in [4.78, 5) is 29.9. The molecule has 0 aliphatic carbocycles. The number of carboxylic acid groups (broad SMARTS) is 1. The second-order valence-corrected chi connectivity index (χ2v) is 7.12. The molecule has 0 radical (unpaired) electrons. The maximum atomic E-state index is 11.1. The smallest absolute Gasteiger partial charge is 0.407 e. The van der Waals surface area contributed by atoms with Crippen LogP contribution in [0.1, 0.15) is 6.42 Å². The Kier molecular flexibility index (Phi) is 4.31. The summed E-state index contributed by atoms with van der Waals surface area (Å²) in [7, 11) is 1.90. The van der Waals surface area contributed by atoms with Crippen LogP contribution in [-0.4, -0.2) is 64.4 Å². The summed E-state index contributed by atoms with van der Waals surface area (Å²) in [6, 6.07) is 7.98. The highest BCUT2D eigenvalue weighted by atomic mass is 16.5. The van der Waals surface area contributed by atoms with Crippen LogP contribution in [0.5, 0.6) is 5.88 Å². The number of aromatic nitrogens is 6. The lowest BCUT2D eigenvalue weighted by Crippen LogP contribution is -2.29. The van der Waals surface area contributed by atoms with Gasteiger partial charge < -0.3 is 23.9 Å². The highest BCUT2D eigenvalue weighted by molar-refractivity contribution is 5.81. The molecular formula is C20H19N7O3. The predicted molar refractivity (Wildman–Crippen MR) is 107 cm³/mol. The van der Waals surface area contributed by atoms with Gasteiger partial charge in [-0.3, -0.25) is 0 Å². The van der Waals surface area contributed by atoms with Crippen LogP contribution in [0.4, 0.5) is 4.79 Å². The SMILES string of the molecule is Cn1c(-c2ccc(-n3ccnc3)cc2)nc2c(OC3CCN(C(=O)O)C3)ncnc21. The van der Waals surface area contributed by atoms with Crippen molar-refractivity contribution in [3.05, 3.63) is 49.3 Å². The molecule has 5 rings (SSSR count). The van der Waals surface area contributed by atoms with Gasteiger partial charge >= 0.3 is 6.09 Å². The number of benzene rings is 1. The van der Waals surface area contributed by atoms with E-state index in [9.17, 15) is 4.79 Å². The van der Waals surface area contributed by atoms with Gasteiger partial charge in [0.1, 0.15) is 18.3 Å². The van der Waals surface area contributed by atoms with Crippen LogP contribution in [0.3, 0.4) is 0 Å². The third-order valence-electron chi connectivity index (χ3n) is 5.24. The highest BCUT2D eigenvalue weighted by Crippen LogP contribution is 2.29. The van der Waals surface area contributed by atoms with Crippen molar-refractivity contribution in [2.24, 2.45) is 7.05 Å². The zero-order chi connectivity index (χ0) is 20.7. The summed E-state index contributed by atoms with van der Waals surface area (Å²) in [6.07, 6.45) is 6.24. The second-order valence-electron chi connectivity index (χ2n) is 7.12. The molecule has 3 aromatic heterocycles. The number of nitrogens with zero attached hydrogens (tertiary/aromatic N) is 7. The number of rotatable bonds is 4. The quantitative estimate of drug-likeness (QED) is 0.555. The molecule has 152 valence electrons. The molecule has 10 nitrogen and oxygen atoms in total. The Morgan fingerprint density at radius 2 is 2.07 bits per heavy atom. The van der Waals surface area contributed by atoms with Crippen LogP contribution in [0.2, 0.25) is 0 Å². The maximum absolute atomic E-state index is 11.1. The topological polar surface area (TPSA) is 111 Å². The molecule has 10 heteroatoms. The van der Waals surface area contributed by atoms with E-state index in [2.05, 4.69) is 15.0 Å². The van der Waals surface area contributed by atoms with Gasteiger partial charge in [0.15, 0.2) is 11.2 Å². The van der Waals surface area contributed by atoms with E-state index in [1.54, 1.807) is 12.5 Å². The number of carbonyl (C=O) groups is 1. The van der Waals surface area contributed by atoms with Gasteiger partial charge in [-0.1, -0.05) is 0 Å². The van der Waals surface area contributed by atoms with Crippen LogP contribution in [0.25, 0.3) is 28.2 Å². The number of hydrogen-bond acceptors (Lipinski definition) is 6. The molecule has 4 heterocycles. The molecule has 1 unspecified atom stereocenters. The Hall–Kier alpha value is -3.95. The lowest BCUT2D eigenvalue weighted by Gasteiger charge is -2.13. The van der Waals surface area contributed by atoms with Gasteiger partial charge in [0.2, 0.25) is 5.88 Å². The number of amides is 1. The first kappa shape index (κ1) is 18.1. The maximum Gasteiger partial charge on any atom is 0.407 e. The molecule has 1 N–H and O–H groups in total. The first-order valence-corrected chi connectivity index (χ1v) is 9.51. The van der Waals surface area contributed by atoms with Crippen LogP contribution >= 0.6 is 0 Å². The van der Waals surface area contributed by atoms with E-state index in [-0.39, 0.29) is 6.10 Å². The average Bonchev–Trinajstić information content (AvgIpc) is 3.50. The highest BCUT2D eigenvalue weighted by Gasteiger charge is 2.28. The number of aryl methyl sites for hydroxylation is 1. The molecule has 1 amide bonds. The van der Waals surface area contributed by atoms with E-state index in [0.717, 1.165) is 17.1 Å². The van der Waals surface area contributed by atoms with Crippen molar-refractivity contribution in [3.63, 3.8) is 0 Å². The normalized spacial score (nSPS) is 16.3. The van der Waals surface area contributed by atoms with Crippen molar-refractivity contribution in [2.45, 2.75) is 12.5 Å². The van der Waals surface area contributed by atoms with Gasteiger partial charge in [-0.2, -0.15) is 4.98 Å². The van der Waals surface area contributed by atoms with E-state index in [1.165, 1.54) is 11.2 Å². The third-order valence-corrected chi connectivity index (χ3v) is 5.24. The van der Waals surface area contributed by atoms with E-state index in [1.807, 2.05) is 46.6 Å². The van der Waals surface area contributed by atoms with Crippen molar-refractivity contribution in [1.82, 2.24) is 34.0 Å². The minimum absolute atomic E-state index is 0.251. The van der Waals surface area contributed by atoms with Crippen molar-refractivity contribution in [1.29, 1.82) is 0 Å². The van der Waals surface area contributed by atoms with Gasteiger partial charge in [-0.05, 0) is 24.3 Å². The Balaban J connectivity index is 1.45. The Morgan fingerprint density at radius 1 is 1.23 bits per heavy atom. The fourth-order valence-corrected chi connectivity index (χ4v) is 3.67. The number of ether oxygens (including phenoxy) is 1. The first-order chi connectivity index (χ1) is 14.6. The molecule has 1 aliphatic rings. The summed E-state index contributed by atoms with van der Waals surface area (Å²) in [5.41, 5.74) is 3.15. The Bertz CT molecular complexity index is 1200. The summed E-state index contributed by atoms with van der Waals surface area (Å²) in [5, 5.41) is 9.14. The van der Waals surface area contributed by atoms with E-state index in [0.29, 0.717) is 36.6 Å². The molecule has 1 atom stereocenters. The van der Waals surface area contributed by atoms with Crippen LogP contribution in [0.15, 0.2) is 49.3 Å². The minimum Gasteiger partial charge on any atom is -0.471 e. The number of hydrogen-bond donors (Lipinski definition) is 1. The van der Waals surface area contributed by atoms with E-state index >= 15 is 0 Å². The van der Waals surface area contributed by atoms with Crippen molar-refractivity contribution in [3.8, 4) is 23.0 Å². The zero-order valence-corrected chi connectivity index (χ0v) is 16.2. The molecule has 0 saturated carbocycles. The monoisotopic (exact) mass is 405 g/mol. The molecular weight excluding hydrogens is 386 g/mol. The Labute approximate surface area is 171 Å². The lowest BCUT2D eigenvalue weighted by molar-refractivity contribution is 0.145. The van der Waals surface area contributed by atoms with Crippen molar-refractivity contribution >= 4 is 17.3 Å². The molecule has 0 spiro atoms. The molecule has 0 bridgehead atoms. The van der Waals surface area contributed by atoms with E-state index < -0.39 is 6.09 Å². The zero-order valence-electron chi connectivity index (χ0n) is 16.2. The predicted octanol–water partition coefficient (Wildman–Crippen LogP) is 2.35. The number of likely N-dealkylation sites (tertiary alicyclic amines) is 1.